The summed E-state index contributed by atoms with van der Waals surface area (Å²) < 4.78 is 0. The van der Waals surface area contributed by atoms with Crippen LogP contribution in [-0.4, -0.2) is 43.0 Å². The zero-order valence-electron chi connectivity index (χ0n) is 8.38. The molecule has 1 aliphatic carbocycles. The first-order valence-electron chi connectivity index (χ1n) is 4.61. The van der Waals surface area contributed by atoms with Crippen LogP contribution in [0, 0.1) is 5.41 Å². The van der Waals surface area contributed by atoms with Gasteiger partial charge in [0.05, 0.1) is 5.41 Å². The second kappa shape index (κ2) is 4.33. The van der Waals surface area contributed by atoms with Crippen LogP contribution in [0.5, 0.6) is 0 Å². The third kappa shape index (κ3) is 2.38. The molecular weight excluding hydrogens is 184 g/mol. The van der Waals surface area contributed by atoms with Crippen LogP contribution in [0.4, 0.5) is 0 Å². The van der Waals surface area contributed by atoms with E-state index < -0.39 is 0 Å². The van der Waals surface area contributed by atoms with Crippen LogP contribution in [-0.2, 0) is 4.79 Å². The zero-order chi connectivity index (χ0) is 9.90. The molecule has 0 aliphatic heterocycles. The molecule has 0 heterocycles. The monoisotopic (exact) mass is 202 g/mol. The van der Waals surface area contributed by atoms with Crippen molar-refractivity contribution < 1.29 is 4.79 Å². The van der Waals surface area contributed by atoms with Crippen LogP contribution in [0.2, 0.25) is 0 Å². The minimum absolute atomic E-state index is 0.173. The minimum Gasteiger partial charge on any atom is -0.344 e. The van der Waals surface area contributed by atoms with E-state index in [0.717, 1.165) is 25.1 Å². The Morgan fingerprint density at radius 3 is 2.62 bits per heavy atom. The molecule has 0 aromatic rings. The fourth-order valence-corrected chi connectivity index (χ4v) is 1.85. The normalized spacial score (nSPS) is 18.4. The van der Waals surface area contributed by atoms with Gasteiger partial charge in [-0.3, -0.25) is 4.79 Å². The average Bonchev–Trinajstić information content (AvgIpc) is 2.93. The standard InChI is InChI=1S/C9H18N2OS/c1-11(5-6-13-2)8(12)9(7-10)3-4-9/h3-7,10H2,1-2H3. The van der Waals surface area contributed by atoms with Crippen molar-refractivity contribution in [2.75, 3.05) is 32.1 Å². The molecule has 1 fully saturated rings. The smallest absolute Gasteiger partial charge is 0.229 e. The lowest BCUT2D eigenvalue weighted by Crippen LogP contribution is -2.39. The van der Waals surface area contributed by atoms with E-state index in [1.54, 1.807) is 11.8 Å². The van der Waals surface area contributed by atoms with E-state index in [2.05, 4.69) is 0 Å². The highest BCUT2D eigenvalue weighted by molar-refractivity contribution is 7.98. The molecule has 0 saturated heterocycles. The Morgan fingerprint density at radius 1 is 1.62 bits per heavy atom. The highest BCUT2D eigenvalue weighted by Crippen LogP contribution is 2.45. The van der Waals surface area contributed by atoms with Crippen LogP contribution >= 0.6 is 11.8 Å². The molecule has 4 heteroatoms. The minimum atomic E-state index is -0.173. The number of carbonyl (C=O) groups is 1. The maximum atomic E-state index is 11.8. The van der Waals surface area contributed by atoms with Gasteiger partial charge in [0.25, 0.3) is 0 Å². The molecule has 0 aromatic heterocycles. The molecule has 0 atom stereocenters. The summed E-state index contributed by atoms with van der Waals surface area (Å²) in [6.07, 6.45) is 4.01. The molecule has 1 rings (SSSR count). The lowest BCUT2D eigenvalue weighted by atomic mass is 10.1. The summed E-state index contributed by atoms with van der Waals surface area (Å²) in [7, 11) is 1.87. The van der Waals surface area contributed by atoms with E-state index in [1.807, 2.05) is 18.2 Å². The van der Waals surface area contributed by atoms with E-state index in [1.165, 1.54) is 0 Å². The molecule has 1 saturated carbocycles. The molecule has 1 amide bonds. The van der Waals surface area contributed by atoms with Gasteiger partial charge >= 0.3 is 0 Å². The van der Waals surface area contributed by atoms with Gasteiger partial charge in [-0.05, 0) is 19.1 Å². The number of amides is 1. The first kappa shape index (κ1) is 10.9. The SMILES string of the molecule is CSCCN(C)C(=O)C1(CN)CC1. The largest absolute Gasteiger partial charge is 0.344 e. The van der Waals surface area contributed by atoms with Crippen molar-refractivity contribution in [1.82, 2.24) is 4.90 Å². The van der Waals surface area contributed by atoms with Gasteiger partial charge in [-0.15, -0.1) is 0 Å². The summed E-state index contributed by atoms with van der Waals surface area (Å²) in [6.45, 7) is 1.34. The van der Waals surface area contributed by atoms with Gasteiger partial charge in [0.2, 0.25) is 5.91 Å². The van der Waals surface area contributed by atoms with Crippen molar-refractivity contribution in [1.29, 1.82) is 0 Å². The second-order valence-corrected chi connectivity index (χ2v) is 4.69. The third-order valence-electron chi connectivity index (χ3n) is 2.68. The second-order valence-electron chi connectivity index (χ2n) is 3.70. The topological polar surface area (TPSA) is 46.3 Å². The summed E-state index contributed by atoms with van der Waals surface area (Å²) in [4.78, 5) is 13.6. The van der Waals surface area contributed by atoms with Gasteiger partial charge in [-0.25, -0.2) is 0 Å². The zero-order valence-corrected chi connectivity index (χ0v) is 9.19. The van der Waals surface area contributed by atoms with Crippen molar-refractivity contribution in [3.63, 3.8) is 0 Å². The van der Waals surface area contributed by atoms with E-state index in [4.69, 9.17) is 5.73 Å². The molecule has 0 radical (unpaired) electrons. The Labute approximate surface area is 84.0 Å². The summed E-state index contributed by atoms with van der Waals surface area (Å²) in [5, 5.41) is 0. The van der Waals surface area contributed by atoms with Crippen molar-refractivity contribution in [2.24, 2.45) is 11.1 Å². The van der Waals surface area contributed by atoms with E-state index >= 15 is 0 Å². The molecule has 76 valence electrons. The van der Waals surface area contributed by atoms with Crippen molar-refractivity contribution in [2.45, 2.75) is 12.8 Å². The number of carbonyl (C=O) groups excluding carboxylic acids is 1. The molecule has 2 N–H and O–H groups in total. The Morgan fingerprint density at radius 2 is 2.23 bits per heavy atom. The van der Waals surface area contributed by atoms with Gasteiger partial charge < -0.3 is 10.6 Å². The summed E-state index contributed by atoms with van der Waals surface area (Å²) in [5.41, 5.74) is 5.41. The maximum Gasteiger partial charge on any atom is 0.229 e. The Hall–Kier alpha value is -0.220. The lowest BCUT2D eigenvalue weighted by Gasteiger charge is -2.21. The molecule has 0 unspecified atom stereocenters. The van der Waals surface area contributed by atoms with Crippen LogP contribution in [0.3, 0.4) is 0 Å². The maximum absolute atomic E-state index is 11.8. The van der Waals surface area contributed by atoms with Crippen LogP contribution in [0.1, 0.15) is 12.8 Å². The first-order valence-corrected chi connectivity index (χ1v) is 6.00. The number of hydrogen-bond donors (Lipinski definition) is 1. The molecular formula is C9H18N2OS. The van der Waals surface area contributed by atoms with Gasteiger partial charge in [-0.2, -0.15) is 11.8 Å². The van der Waals surface area contributed by atoms with Gasteiger partial charge in [-0.1, -0.05) is 0 Å². The number of rotatable bonds is 5. The highest BCUT2D eigenvalue weighted by atomic mass is 32.2. The molecule has 3 nitrogen and oxygen atoms in total. The number of thioether (sulfide) groups is 1. The molecule has 1 aliphatic rings. The predicted octanol–water partition coefficient (Wildman–Crippen LogP) is 0.547. The summed E-state index contributed by atoms with van der Waals surface area (Å²) >= 11 is 1.76. The third-order valence-corrected chi connectivity index (χ3v) is 3.27. The van der Waals surface area contributed by atoms with E-state index in [9.17, 15) is 4.79 Å². The highest BCUT2D eigenvalue weighted by Gasteiger charge is 2.49. The number of nitrogens with zero attached hydrogens (tertiary/aromatic N) is 1. The first-order chi connectivity index (χ1) is 6.16. The van der Waals surface area contributed by atoms with Crippen molar-refractivity contribution in [3.05, 3.63) is 0 Å². The Bertz CT molecular complexity index is 192. The fourth-order valence-electron chi connectivity index (χ4n) is 1.39. The van der Waals surface area contributed by atoms with Gasteiger partial charge in [0, 0.05) is 25.9 Å². The fraction of sp³-hybridized carbons (Fsp3) is 0.889. The van der Waals surface area contributed by atoms with E-state index in [-0.39, 0.29) is 11.3 Å². The molecule has 0 spiro atoms. The lowest BCUT2D eigenvalue weighted by molar-refractivity contribution is -0.135. The molecule has 0 bridgehead atoms. The van der Waals surface area contributed by atoms with Gasteiger partial charge in [0.15, 0.2) is 0 Å². The molecule has 0 aromatic carbocycles. The van der Waals surface area contributed by atoms with Crippen molar-refractivity contribution >= 4 is 17.7 Å². The summed E-state index contributed by atoms with van der Waals surface area (Å²) in [5.74, 6) is 1.24. The number of nitrogens with two attached hydrogens (primary N) is 1. The Kier molecular flexibility index (Phi) is 3.62. The van der Waals surface area contributed by atoms with Gasteiger partial charge in [0.1, 0.15) is 0 Å². The van der Waals surface area contributed by atoms with Crippen LogP contribution in [0.25, 0.3) is 0 Å². The van der Waals surface area contributed by atoms with Crippen LogP contribution < -0.4 is 5.73 Å². The molecule has 13 heavy (non-hydrogen) atoms. The predicted molar refractivity (Wildman–Crippen MR) is 56.7 cm³/mol. The van der Waals surface area contributed by atoms with E-state index in [0.29, 0.717) is 6.54 Å². The quantitative estimate of drug-likeness (QED) is 0.708. The van der Waals surface area contributed by atoms with Crippen molar-refractivity contribution in [3.8, 4) is 0 Å². The van der Waals surface area contributed by atoms with Crippen LogP contribution in [0.15, 0.2) is 0 Å². The number of hydrogen-bond acceptors (Lipinski definition) is 3. The Balaban J connectivity index is 2.38. The average molecular weight is 202 g/mol. The summed E-state index contributed by atoms with van der Waals surface area (Å²) in [6, 6.07) is 0.